The summed E-state index contributed by atoms with van der Waals surface area (Å²) in [6, 6.07) is 13.4. The maximum atomic E-state index is 5.73. The van der Waals surface area contributed by atoms with Gasteiger partial charge in [0.15, 0.2) is 17.4 Å². The number of rotatable bonds is 8. The number of methoxy groups -OCH3 is 1. The SMILES string of the molecule is CN=C(NCCCOc1cccc(OC)c1)NCc1nnc2ccccn12.I. The van der Waals surface area contributed by atoms with Crippen molar-refractivity contribution in [2.45, 2.75) is 13.0 Å². The summed E-state index contributed by atoms with van der Waals surface area (Å²) in [5.41, 5.74) is 0.826. The van der Waals surface area contributed by atoms with Crippen molar-refractivity contribution in [3.63, 3.8) is 0 Å². The third kappa shape index (κ3) is 5.98. The number of ether oxygens (including phenoxy) is 2. The van der Waals surface area contributed by atoms with Gasteiger partial charge in [0.05, 0.1) is 20.3 Å². The van der Waals surface area contributed by atoms with Gasteiger partial charge in [-0.15, -0.1) is 34.2 Å². The number of hydrogen-bond acceptors (Lipinski definition) is 5. The summed E-state index contributed by atoms with van der Waals surface area (Å²) < 4.78 is 12.9. The number of halogens is 1. The van der Waals surface area contributed by atoms with Crippen LogP contribution in [0.1, 0.15) is 12.2 Å². The molecule has 28 heavy (non-hydrogen) atoms. The van der Waals surface area contributed by atoms with Crippen molar-refractivity contribution >= 4 is 35.6 Å². The van der Waals surface area contributed by atoms with Crippen molar-refractivity contribution in [3.8, 4) is 11.5 Å². The molecule has 0 saturated carbocycles. The zero-order valence-corrected chi connectivity index (χ0v) is 18.3. The number of fused-ring (bicyclic) bond motifs is 1. The molecule has 150 valence electrons. The predicted octanol–water partition coefficient (Wildman–Crippen LogP) is 2.49. The van der Waals surface area contributed by atoms with Gasteiger partial charge in [0.1, 0.15) is 11.5 Å². The Bertz CT molecular complexity index is 899. The lowest BCUT2D eigenvalue weighted by atomic mass is 10.3. The molecule has 1 aromatic carbocycles. The van der Waals surface area contributed by atoms with Crippen LogP contribution in [0, 0.1) is 0 Å². The number of nitrogens with zero attached hydrogens (tertiary/aromatic N) is 4. The molecule has 0 atom stereocenters. The maximum Gasteiger partial charge on any atom is 0.191 e. The number of hydrogen-bond donors (Lipinski definition) is 2. The van der Waals surface area contributed by atoms with E-state index >= 15 is 0 Å². The van der Waals surface area contributed by atoms with Crippen LogP contribution in [0.4, 0.5) is 0 Å². The van der Waals surface area contributed by atoms with E-state index in [0.717, 1.165) is 35.9 Å². The van der Waals surface area contributed by atoms with Crippen LogP contribution < -0.4 is 20.1 Å². The maximum absolute atomic E-state index is 5.73. The highest BCUT2D eigenvalue weighted by Crippen LogP contribution is 2.18. The quantitative estimate of drug-likeness (QED) is 0.216. The number of nitrogens with one attached hydrogen (secondary N) is 2. The Morgan fingerprint density at radius 3 is 2.79 bits per heavy atom. The molecule has 3 aromatic rings. The molecule has 2 heterocycles. The summed E-state index contributed by atoms with van der Waals surface area (Å²) in [5, 5.41) is 14.8. The van der Waals surface area contributed by atoms with E-state index in [0.29, 0.717) is 19.1 Å². The molecular formula is C19H25IN6O2. The van der Waals surface area contributed by atoms with Gasteiger partial charge in [-0.25, -0.2) is 0 Å². The molecule has 0 saturated heterocycles. The Morgan fingerprint density at radius 1 is 1.11 bits per heavy atom. The van der Waals surface area contributed by atoms with E-state index in [2.05, 4.69) is 25.8 Å². The van der Waals surface area contributed by atoms with Crippen molar-refractivity contribution in [3.05, 3.63) is 54.5 Å². The molecule has 3 rings (SSSR count). The van der Waals surface area contributed by atoms with Crippen LogP contribution in [-0.4, -0.2) is 47.9 Å². The highest BCUT2D eigenvalue weighted by molar-refractivity contribution is 14.0. The molecule has 9 heteroatoms. The molecule has 0 bridgehead atoms. The van der Waals surface area contributed by atoms with Gasteiger partial charge in [0.2, 0.25) is 0 Å². The molecular weight excluding hydrogens is 471 g/mol. The first-order chi connectivity index (χ1) is 13.3. The smallest absolute Gasteiger partial charge is 0.191 e. The van der Waals surface area contributed by atoms with Crippen molar-refractivity contribution in [1.82, 2.24) is 25.2 Å². The van der Waals surface area contributed by atoms with Gasteiger partial charge in [-0.3, -0.25) is 9.39 Å². The Labute approximate surface area is 181 Å². The van der Waals surface area contributed by atoms with Crippen LogP contribution in [0.2, 0.25) is 0 Å². The minimum atomic E-state index is 0. The number of pyridine rings is 1. The highest BCUT2D eigenvalue weighted by Gasteiger charge is 2.05. The van der Waals surface area contributed by atoms with E-state index in [-0.39, 0.29) is 24.0 Å². The average molecular weight is 496 g/mol. The van der Waals surface area contributed by atoms with E-state index in [1.54, 1.807) is 14.2 Å². The molecule has 0 aliphatic heterocycles. The first kappa shape index (κ1) is 21.7. The summed E-state index contributed by atoms with van der Waals surface area (Å²) in [6.07, 6.45) is 2.78. The van der Waals surface area contributed by atoms with Crippen LogP contribution in [-0.2, 0) is 6.54 Å². The van der Waals surface area contributed by atoms with Gasteiger partial charge in [0, 0.05) is 25.9 Å². The number of aromatic nitrogens is 3. The van der Waals surface area contributed by atoms with Crippen LogP contribution in [0.3, 0.4) is 0 Å². The van der Waals surface area contributed by atoms with Crippen molar-refractivity contribution < 1.29 is 9.47 Å². The standard InChI is InChI=1S/C19H24N6O2.HI/c1-20-19(22-14-18-24-23-17-9-3-4-11-25(17)18)21-10-6-12-27-16-8-5-7-15(13-16)26-2;/h3-5,7-9,11,13H,6,10,12,14H2,1-2H3,(H2,20,21,22);1H. The molecule has 0 aliphatic carbocycles. The molecule has 0 aliphatic rings. The lowest BCUT2D eigenvalue weighted by Crippen LogP contribution is -2.38. The van der Waals surface area contributed by atoms with Gasteiger partial charge in [-0.2, -0.15) is 0 Å². The molecule has 0 radical (unpaired) electrons. The molecule has 2 aromatic heterocycles. The van der Waals surface area contributed by atoms with Gasteiger partial charge in [0.25, 0.3) is 0 Å². The van der Waals surface area contributed by atoms with Crippen LogP contribution in [0.15, 0.2) is 53.7 Å². The van der Waals surface area contributed by atoms with Crippen LogP contribution >= 0.6 is 24.0 Å². The summed E-state index contributed by atoms with van der Waals surface area (Å²) in [5.74, 6) is 3.13. The van der Waals surface area contributed by atoms with E-state index in [4.69, 9.17) is 9.47 Å². The van der Waals surface area contributed by atoms with Gasteiger partial charge < -0.3 is 20.1 Å². The van der Waals surface area contributed by atoms with Crippen molar-refractivity contribution in [2.75, 3.05) is 27.3 Å². The summed E-state index contributed by atoms with van der Waals surface area (Å²) in [7, 11) is 3.38. The second kappa shape index (κ2) is 11.3. The topological polar surface area (TPSA) is 85.1 Å². The monoisotopic (exact) mass is 496 g/mol. The third-order valence-corrected chi connectivity index (χ3v) is 3.95. The van der Waals surface area contributed by atoms with E-state index < -0.39 is 0 Å². The largest absolute Gasteiger partial charge is 0.497 e. The van der Waals surface area contributed by atoms with Gasteiger partial charge >= 0.3 is 0 Å². The predicted molar refractivity (Wildman–Crippen MR) is 120 cm³/mol. The average Bonchev–Trinajstić information content (AvgIpc) is 3.13. The van der Waals surface area contributed by atoms with E-state index in [1.807, 2.05) is 53.1 Å². The highest BCUT2D eigenvalue weighted by atomic mass is 127. The number of aliphatic imine (C=N–C) groups is 1. The second-order valence-corrected chi connectivity index (χ2v) is 5.78. The van der Waals surface area contributed by atoms with E-state index in [1.165, 1.54) is 0 Å². The molecule has 8 nitrogen and oxygen atoms in total. The van der Waals surface area contributed by atoms with Crippen LogP contribution in [0.5, 0.6) is 11.5 Å². The minimum Gasteiger partial charge on any atom is -0.497 e. The number of benzene rings is 1. The lowest BCUT2D eigenvalue weighted by Gasteiger charge is -2.12. The fourth-order valence-corrected chi connectivity index (χ4v) is 2.55. The Hall–Kier alpha value is -2.56. The summed E-state index contributed by atoms with van der Waals surface area (Å²) >= 11 is 0. The summed E-state index contributed by atoms with van der Waals surface area (Å²) in [6.45, 7) is 1.88. The fraction of sp³-hybridized carbons (Fsp3) is 0.316. The molecule has 0 amide bonds. The third-order valence-electron chi connectivity index (χ3n) is 3.95. The Kier molecular flexibility index (Phi) is 8.79. The molecule has 0 fully saturated rings. The second-order valence-electron chi connectivity index (χ2n) is 5.78. The summed E-state index contributed by atoms with van der Waals surface area (Å²) in [4.78, 5) is 4.23. The minimum absolute atomic E-state index is 0. The molecule has 2 N–H and O–H groups in total. The Morgan fingerprint density at radius 2 is 1.96 bits per heavy atom. The van der Waals surface area contributed by atoms with Gasteiger partial charge in [-0.1, -0.05) is 12.1 Å². The zero-order chi connectivity index (χ0) is 18.9. The van der Waals surface area contributed by atoms with Gasteiger partial charge in [-0.05, 0) is 30.7 Å². The van der Waals surface area contributed by atoms with Crippen LogP contribution in [0.25, 0.3) is 5.65 Å². The van der Waals surface area contributed by atoms with E-state index in [9.17, 15) is 0 Å². The molecule has 0 spiro atoms. The normalized spacial score (nSPS) is 11.0. The van der Waals surface area contributed by atoms with Crippen molar-refractivity contribution in [1.29, 1.82) is 0 Å². The first-order valence-electron chi connectivity index (χ1n) is 8.80. The lowest BCUT2D eigenvalue weighted by molar-refractivity contribution is 0.308. The zero-order valence-electron chi connectivity index (χ0n) is 16.0. The fourth-order valence-electron chi connectivity index (χ4n) is 2.55. The Balaban J connectivity index is 0.00000280. The first-order valence-corrected chi connectivity index (χ1v) is 8.80. The number of guanidine groups is 1. The molecule has 0 unspecified atom stereocenters. The van der Waals surface area contributed by atoms with Crippen molar-refractivity contribution in [2.24, 2.45) is 4.99 Å².